The molecule has 0 aliphatic rings. The fourth-order valence-electron chi connectivity index (χ4n) is 0.0677. The van der Waals surface area contributed by atoms with Crippen LogP contribution in [0.4, 0.5) is 4.79 Å². The first kappa shape index (κ1) is 6.42. The van der Waals surface area contributed by atoms with Crippen LogP contribution >= 0.6 is 11.9 Å². The molecule has 0 aliphatic carbocycles. The van der Waals surface area contributed by atoms with Gasteiger partial charge in [-0.1, -0.05) is 0 Å². The van der Waals surface area contributed by atoms with E-state index in [1.54, 1.807) is 0 Å². The maximum Gasteiger partial charge on any atom is 0.393 e. The van der Waals surface area contributed by atoms with E-state index in [4.69, 9.17) is 0 Å². The van der Waals surface area contributed by atoms with Gasteiger partial charge in [0.05, 0.1) is 7.11 Å². The Morgan fingerprint density at radius 3 is 2.57 bits per heavy atom. The van der Waals surface area contributed by atoms with Crippen molar-refractivity contribution in [3.05, 3.63) is 4.91 Å². The van der Waals surface area contributed by atoms with E-state index in [0.29, 0.717) is 0 Å². The summed E-state index contributed by atoms with van der Waals surface area (Å²) < 4.78 is 6.22. The summed E-state index contributed by atoms with van der Waals surface area (Å²) in [5.41, 5.74) is 0. The average Bonchev–Trinajstić information content (AvgIpc) is 1.68. The molecule has 0 spiro atoms. The monoisotopic (exact) mass is 121 g/mol. The Labute approximate surface area is 44.3 Å². The normalized spacial score (nSPS) is 7.57. The van der Waals surface area contributed by atoms with Crippen LogP contribution in [0.5, 0.6) is 0 Å². The van der Waals surface area contributed by atoms with Crippen LogP contribution in [0.3, 0.4) is 0 Å². The highest BCUT2D eigenvalue weighted by atomic mass is 32.2. The zero-order chi connectivity index (χ0) is 5.70. The molecule has 0 aromatic rings. The van der Waals surface area contributed by atoms with Gasteiger partial charge in [-0.05, 0) is 0 Å². The second-order valence-electron chi connectivity index (χ2n) is 0.620. The smallest absolute Gasteiger partial charge is 0.393 e. The van der Waals surface area contributed by atoms with Gasteiger partial charge in [-0.3, -0.25) is 0 Å². The van der Waals surface area contributed by atoms with Crippen LogP contribution < -0.4 is 0 Å². The van der Waals surface area contributed by atoms with Gasteiger partial charge in [0.2, 0.25) is 0 Å². The van der Waals surface area contributed by atoms with E-state index in [9.17, 15) is 9.70 Å². The van der Waals surface area contributed by atoms with Crippen LogP contribution in [0.15, 0.2) is 4.58 Å². The maximum absolute atomic E-state index is 9.86. The minimum absolute atomic E-state index is 0.240. The molecule has 4 nitrogen and oxygen atoms in total. The topological polar surface area (TPSA) is 55.7 Å². The zero-order valence-electron chi connectivity index (χ0n) is 3.58. The van der Waals surface area contributed by atoms with Gasteiger partial charge in [0.1, 0.15) is 11.9 Å². The van der Waals surface area contributed by atoms with Crippen molar-refractivity contribution in [3.63, 3.8) is 0 Å². The quantitative estimate of drug-likeness (QED) is 0.297. The van der Waals surface area contributed by atoms with Crippen molar-refractivity contribution in [1.82, 2.24) is 0 Å². The molecule has 0 atom stereocenters. The Kier molecular flexibility index (Phi) is 3.31. The molecule has 7 heavy (non-hydrogen) atoms. The number of hydrogen-bond acceptors (Lipinski definition) is 5. The third-order valence-electron chi connectivity index (χ3n) is 0.278. The average molecular weight is 121 g/mol. The summed E-state index contributed by atoms with van der Waals surface area (Å²) in [5.74, 6) is 0. The highest BCUT2D eigenvalue weighted by molar-refractivity contribution is 8.12. The second-order valence-corrected chi connectivity index (χ2v) is 1.28. The Bertz CT molecular complexity index is 83.0. The van der Waals surface area contributed by atoms with Gasteiger partial charge in [0, 0.05) is 4.58 Å². The Morgan fingerprint density at radius 2 is 2.43 bits per heavy atom. The Hall–Kier alpha value is -0.580. The van der Waals surface area contributed by atoms with Crippen molar-refractivity contribution in [3.8, 4) is 0 Å². The molecule has 0 rings (SSSR count). The number of hydrogen-bond donors (Lipinski definition) is 0. The van der Waals surface area contributed by atoms with Crippen molar-refractivity contribution in [1.29, 1.82) is 0 Å². The molecule has 40 valence electrons. The summed E-state index contributed by atoms with van der Waals surface area (Å²) in [4.78, 5) is 19.0. The lowest BCUT2D eigenvalue weighted by Crippen LogP contribution is -1.85. The molecule has 0 saturated carbocycles. The lowest BCUT2D eigenvalue weighted by Gasteiger charge is -1.84. The van der Waals surface area contributed by atoms with Gasteiger partial charge < -0.3 is 4.74 Å². The third kappa shape index (κ3) is 3.24. The first-order valence-corrected chi connectivity index (χ1v) is 2.16. The number of rotatable bonds is 1. The van der Waals surface area contributed by atoms with E-state index >= 15 is 0 Å². The lowest BCUT2D eigenvalue weighted by molar-refractivity contribution is 0.200. The lowest BCUT2D eigenvalue weighted by atomic mass is 11.5. The fourth-order valence-corrected chi connectivity index (χ4v) is 0.203. The molecule has 0 amide bonds. The molecular formula is C2H3NO3S. The Morgan fingerprint density at radius 1 is 1.86 bits per heavy atom. The van der Waals surface area contributed by atoms with Gasteiger partial charge in [-0.2, -0.15) is 0 Å². The molecule has 0 aliphatic heterocycles. The molecule has 0 heterocycles. The predicted octanol–water partition coefficient (Wildman–Crippen LogP) is 1.17. The van der Waals surface area contributed by atoms with Crippen molar-refractivity contribution >= 4 is 17.2 Å². The molecule has 0 aromatic heterocycles. The SMILES string of the molecule is COC(=O)SN=O. The first-order valence-electron chi connectivity index (χ1n) is 1.39. The molecular weight excluding hydrogens is 118 g/mol. The second kappa shape index (κ2) is 3.60. The summed E-state index contributed by atoms with van der Waals surface area (Å²) in [6.45, 7) is 0. The van der Waals surface area contributed by atoms with Crippen molar-refractivity contribution < 1.29 is 9.53 Å². The minimum atomic E-state index is -0.685. The van der Waals surface area contributed by atoms with Crippen LogP contribution in [0.1, 0.15) is 0 Å². The highest BCUT2D eigenvalue weighted by Crippen LogP contribution is 2.02. The van der Waals surface area contributed by atoms with E-state index in [-0.39, 0.29) is 11.9 Å². The summed E-state index contributed by atoms with van der Waals surface area (Å²) in [7, 11) is 1.18. The molecule has 0 bridgehead atoms. The van der Waals surface area contributed by atoms with Crippen LogP contribution in [0.25, 0.3) is 0 Å². The van der Waals surface area contributed by atoms with Gasteiger partial charge in [0.25, 0.3) is 0 Å². The molecule has 0 unspecified atom stereocenters. The fraction of sp³-hybridized carbons (Fsp3) is 0.500. The van der Waals surface area contributed by atoms with Crippen LogP contribution in [-0.4, -0.2) is 12.4 Å². The number of nitrogens with zero attached hydrogens (tertiary/aromatic N) is 1. The van der Waals surface area contributed by atoms with E-state index in [2.05, 4.69) is 9.32 Å². The standard InChI is InChI=1S/C2H3NO3S/c1-6-2(4)7-3-5/h1H3. The van der Waals surface area contributed by atoms with Crippen LogP contribution in [0.2, 0.25) is 0 Å². The summed E-state index contributed by atoms with van der Waals surface area (Å²) in [6.07, 6.45) is 0. The van der Waals surface area contributed by atoms with Crippen molar-refractivity contribution in [2.45, 2.75) is 0 Å². The largest absolute Gasteiger partial charge is 0.460 e. The number of carbonyl (C=O) groups is 1. The number of methoxy groups -OCH3 is 1. The van der Waals surface area contributed by atoms with Crippen molar-refractivity contribution in [2.75, 3.05) is 7.11 Å². The van der Waals surface area contributed by atoms with Gasteiger partial charge >= 0.3 is 5.30 Å². The summed E-state index contributed by atoms with van der Waals surface area (Å²) in [6, 6.07) is 0. The minimum Gasteiger partial charge on any atom is -0.460 e. The van der Waals surface area contributed by atoms with E-state index in [0.717, 1.165) is 0 Å². The van der Waals surface area contributed by atoms with E-state index in [1.807, 2.05) is 0 Å². The summed E-state index contributed by atoms with van der Waals surface area (Å²) >= 11 is 0.240. The Balaban J connectivity index is 3.17. The zero-order valence-corrected chi connectivity index (χ0v) is 4.40. The van der Waals surface area contributed by atoms with Crippen molar-refractivity contribution in [2.24, 2.45) is 4.58 Å². The molecule has 0 radical (unpaired) electrons. The van der Waals surface area contributed by atoms with Crippen LogP contribution in [-0.2, 0) is 4.74 Å². The molecule has 0 N–H and O–H groups in total. The maximum atomic E-state index is 9.86. The predicted molar refractivity (Wildman–Crippen MR) is 25.8 cm³/mol. The molecule has 0 fully saturated rings. The number of carbonyl (C=O) groups excluding carboxylic acids is 1. The highest BCUT2D eigenvalue weighted by Gasteiger charge is 1.96. The van der Waals surface area contributed by atoms with Gasteiger partial charge in [-0.25, -0.2) is 4.79 Å². The van der Waals surface area contributed by atoms with Crippen LogP contribution in [0, 0.1) is 4.91 Å². The number of ether oxygens (including phenoxy) is 1. The molecule has 0 saturated heterocycles. The van der Waals surface area contributed by atoms with E-state index in [1.165, 1.54) is 7.11 Å². The van der Waals surface area contributed by atoms with Gasteiger partial charge in [-0.15, -0.1) is 4.91 Å². The van der Waals surface area contributed by atoms with E-state index < -0.39 is 5.30 Å². The third-order valence-corrected chi connectivity index (χ3v) is 0.669. The summed E-state index contributed by atoms with van der Waals surface area (Å²) in [5, 5.41) is -0.685. The van der Waals surface area contributed by atoms with Gasteiger partial charge in [0.15, 0.2) is 0 Å². The molecule has 5 heteroatoms. The first-order chi connectivity index (χ1) is 3.31. The number of nitroso groups, excluding NO2 is 1. The molecule has 0 aromatic carbocycles.